The van der Waals surface area contributed by atoms with Crippen LogP contribution in [0.15, 0.2) is 35.9 Å². The van der Waals surface area contributed by atoms with Crippen LogP contribution in [0.2, 0.25) is 5.02 Å². The quantitative estimate of drug-likeness (QED) is 0.772. The molecule has 0 atom stereocenters. The second-order valence-electron chi connectivity index (χ2n) is 5.05. The average Bonchev–Trinajstić information content (AvgIpc) is 2.37. The zero-order valence-corrected chi connectivity index (χ0v) is 12.0. The maximum absolute atomic E-state index is 6.03. The molecular weight excluding hydrogens is 244 g/mol. The molecule has 1 heterocycles. The zero-order valence-electron chi connectivity index (χ0n) is 11.2. The molecule has 3 heteroatoms. The first-order valence-electron chi connectivity index (χ1n) is 6.51. The summed E-state index contributed by atoms with van der Waals surface area (Å²) in [5, 5.41) is 0.819. The summed E-state index contributed by atoms with van der Waals surface area (Å²) < 4.78 is 0. The van der Waals surface area contributed by atoms with Crippen molar-refractivity contribution < 1.29 is 0 Å². The van der Waals surface area contributed by atoms with Gasteiger partial charge in [0.2, 0.25) is 0 Å². The molecule has 1 aromatic carbocycles. The van der Waals surface area contributed by atoms with E-state index in [1.807, 2.05) is 18.2 Å². The van der Waals surface area contributed by atoms with Crippen LogP contribution in [0.25, 0.3) is 0 Å². The normalized spacial score (nSPS) is 16.7. The summed E-state index contributed by atoms with van der Waals surface area (Å²) >= 11 is 6.03. The number of nitrogens with zero attached hydrogens (tertiary/aromatic N) is 2. The highest BCUT2D eigenvalue weighted by atomic mass is 35.5. The molecule has 1 aliphatic heterocycles. The first-order valence-corrected chi connectivity index (χ1v) is 6.89. The smallest absolute Gasteiger partial charge is 0.0426 e. The van der Waals surface area contributed by atoms with Crippen LogP contribution in [0.3, 0.4) is 0 Å². The van der Waals surface area contributed by atoms with E-state index in [0.29, 0.717) is 0 Å². The molecule has 0 amide bonds. The number of rotatable bonds is 3. The fraction of sp³-hybridized carbons (Fsp3) is 0.467. The topological polar surface area (TPSA) is 6.48 Å². The number of benzene rings is 1. The van der Waals surface area contributed by atoms with Crippen LogP contribution in [-0.4, -0.2) is 37.6 Å². The van der Waals surface area contributed by atoms with Crippen molar-refractivity contribution in [3.63, 3.8) is 0 Å². The Morgan fingerprint density at radius 3 is 2.56 bits per heavy atom. The van der Waals surface area contributed by atoms with Gasteiger partial charge in [0.25, 0.3) is 0 Å². The van der Waals surface area contributed by atoms with Crippen LogP contribution in [0.5, 0.6) is 0 Å². The van der Waals surface area contributed by atoms with Crippen molar-refractivity contribution in [2.24, 2.45) is 0 Å². The maximum Gasteiger partial charge on any atom is 0.0426 e. The van der Waals surface area contributed by atoms with Crippen LogP contribution in [0, 0.1) is 0 Å². The molecular formula is C15H21ClN2. The molecule has 0 aromatic heterocycles. The van der Waals surface area contributed by atoms with Crippen molar-refractivity contribution >= 4 is 17.3 Å². The van der Waals surface area contributed by atoms with Crippen molar-refractivity contribution in [3.8, 4) is 0 Å². The van der Waals surface area contributed by atoms with Gasteiger partial charge in [-0.2, -0.15) is 0 Å². The third-order valence-electron chi connectivity index (χ3n) is 3.30. The summed E-state index contributed by atoms with van der Waals surface area (Å²) in [7, 11) is 0. The second kappa shape index (κ2) is 6.26. The average molecular weight is 265 g/mol. The van der Waals surface area contributed by atoms with E-state index in [-0.39, 0.29) is 0 Å². The molecule has 0 saturated carbocycles. The molecule has 98 valence electrons. The summed E-state index contributed by atoms with van der Waals surface area (Å²) in [5.74, 6) is 0. The molecule has 1 aromatic rings. The first kappa shape index (κ1) is 13.4. The Kier molecular flexibility index (Phi) is 4.67. The minimum atomic E-state index is 0.819. The van der Waals surface area contributed by atoms with Gasteiger partial charge in [-0.15, -0.1) is 0 Å². The molecule has 0 spiro atoms. The monoisotopic (exact) mass is 264 g/mol. The van der Waals surface area contributed by atoms with Gasteiger partial charge in [-0.3, -0.25) is 4.90 Å². The summed E-state index contributed by atoms with van der Waals surface area (Å²) in [6, 6.07) is 8.13. The summed E-state index contributed by atoms with van der Waals surface area (Å²) in [6.07, 6.45) is 2.30. The van der Waals surface area contributed by atoms with Gasteiger partial charge in [0, 0.05) is 43.4 Å². The SMILES string of the molecule is CC(C)=CCN1CCN(c2cccc(Cl)c2)CC1. The Balaban J connectivity index is 1.88. The Morgan fingerprint density at radius 2 is 1.94 bits per heavy atom. The van der Waals surface area contributed by atoms with E-state index in [1.165, 1.54) is 11.3 Å². The van der Waals surface area contributed by atoms with E-state index in [2.05, 4.69) is 35.8 Å². The number of hydrogen-bond donors (Lipinski definition) is 0. The zero-order chi connectivity index (χ0) is 13.0. The summed E-state index contributed by atoms with van der Waals surface area (Å²) in [5.41, 5.74) is 2.64. The van der Waals surface area contributed by atoms with Gasteiger partial charge >= 0.3 is 0 Å². The van der Waals surface area contributed by atoms with Crippen LogP contribution in [-0.2, 0) is 0 Å². The van der Waals surface area contributed by atoms with Crippen molar-refractivity contribution in [2.45, 2.75) is 13.8 Å². The summed E-state index contributed by atoms with van der Waals surface area (Å²) in [4.78, 5) is 4.90. The maximum atomic E-state index is 6.03. The van der Waals surface area contributed by atoms with Crippen molar-refractivity contribution in [1.29, 1.82) is 0 Å². The molecule has 18 heavy (non-hydrogen) atoms. The molecule has 0 radical (unpaired) electrons. The number of halogens is 1. The highest BCUT2D eigenvalue weighted by Gasteiger charge is 2.16. The lowest BCUT2D eigenvalue weighted by molar-refractivity contribution is 0.283. The molecule has 1 aliphatic rings. The molecule has 0 unspecified atom stereocenters. The number of allylic oxidation sites excluding steroid dienone is 1. The van der Waals surface area contributed by atoms with E-state index in [9.17, 15) is 0 Å². The van der Waals surface area contributed by atoms with Crippen molar-refractivity contribution in [3.05, 3.63) is 40.9 Å². The highest BCUT2D eigenvalue weighted by Crippen LogP contribution is 2.20. The molecule has 2 rings (SSSR count). The number of hydrogen-bond acceptors (Lipinski definition) is 2. The standard InChI is InChI=1S/C15H21ClN2/c1-13(2)6-7-17-8-10-18(11-9-17)15-5-3-4-14(16)12-15/h3-6,12H,7-11H2,1-2H3. The van der Waals surface area contributed by atoms with E-state index in [0.717, 1.165) is 37.7 Å². The molecule has 1 fully saturated rings. The number of piperazine rings is 1. The molecule has 0 N–H and O–H groups in total. The lowest BCUT2D eigenvalue weighted by atomic mass is 10.2. The minimum absolute atomic E-state index is 0.819. The van der Waals surface area contributed by atoms with Crippen molar-refractivity contribution in [1.82, 2.24) is 4.90 Å². The van der Waals surface area contributed by atoms with Gasteiger partial charge in [0.05, 0.1) is 0 Å². The summed E-state index contributed by atoms with van der Waals surface area (Å²) in [6.45, 7) is 9.79. The molecule has 2 nitrogen and oxygen atoms in total. The van der Waals surface area contributed by atoms with Gasteiger partial charge in [0.15, 0.2) is 0 Å². The van der Waals surface area contributed by atoms with E-state index in [4.69, 9.17) is 11.6 Å². The van der Waals surface area contributed by atoms with E-state index in [1.54, 1.807) is 0 Å². The van der Waals surface area contributed by atoms with Crippen LogP contribution in [0.4, 0.5) is 5.69 Å². The molecule has 0 aliphatic carbocycles. The third-order valence-corrected chi connectivity index (χ3v) is 3.54. The van der Waals surface area contributed by atoms with Gasteiger partial charge in [-0.05, 0) is 32.0 Å². The van der Waals surface area contributed by atoms with Gasteiger partial charge in [0.1, 0.15) is 0 Å². The van der Waals surface area contributed by atoms with E-state index >= 15 is 0 Å². The first-order chi connectivity index (χ1) is 8.65. The van der Waals surface area contributed by atoms with Crippen LogP contribution < -0.4 is 4.90 Å². The fourth-order valence-corrected chi connectivity index (χ4v) is 2.36. The fourth-order valence-electron chi connectivity index (χ4n) is 2.17. The third kappa shape index (κ3) is 3.76. The van der Waals surface area contributed by atoms with E-state index < -0.39 is 0 Å². The van der Waals surface area contributed by atoms with Gasteiger partial charge < -0.3 is 4.90 Å². The lowest BCUT2D eigenvalue weighted by Crippen LogP contribution is -2.46. The van der Waals surface area contributed by atoms with Gasteiger partial charge in [-0.25, -0.2) is 0 Å². The second-order valence-corrected chi connectivity index (χ2v) is 5.49. The van der Waals surface area contributed by atoms with Gasteiger partial charge in [-0.1, -0.05) is 29.3 Å². The Morgan fingerprint density at radius 1 is 1.22 bits per heavy atom. The minimum Gasteiger partial charge on any atom is -0.369 e. The Bertz CT molecular complexity index is 416. The Labute approximate surface area is 115 Å². The molecule has 0 bridgehead atoms. The molecule has 1 saturated heterocycles. The largest absolute Gasteiger partial charge is 0.369 e. The van der Waals surface area contributed by atoms with Crippen LogP contribution in [0.1, 0.15) is 13.8 Å². The predicted octanol–water partition coefficient (Wildman–Crippen LogP) is 3.43. The lowest BCUT2D eigenvalue weighted by Gasteiger charge is -2.35. The predicted molar refractivity (Wildman–Crippen MR) is 79.5 cm³/mol. The van der Waals surface area contributed by atoms with Crippen LogP contribution >= 0.6 is 11.6 Å². The highest BCUT2D eigenvalue weighted by molar-refractivity contribution is 6.30. The number of anilines is 1. The van der Waals surface area contributed by atoms with Crippen molar-refractivity contribution in [2.75, 3.05) is 37.6 Å². The Hall–Kier alpha value is -0.990.